The summed E-state index contributed by atoms with van der Waals surface area (Å²) in [5.41, 5.74) is 0.270. The fourth-order valence-corrected chi connectivity index (χ4v) is 4.25. The number of ether oxygens (including phenoxy) is 1. The van der Waals surface area contributed by atoms with Gasteiger partial charge >= 0.3 is 0 Å². The van der Waals surface area contributed by atoms with Crippen molar-refractivity contribution in [1.29, 1.82) is 5.26 Å². The van der Waals surface area contributed by atoms with Crippen molar-refractivity contribution in [2.24, 2.45) is 5.92 Å². The van der Waals surface area contributed by atoms with Crippen LogP contribution in [0.15, 0.2) is 23.1 Å². The van der Waals surface area contributed by atoms with Crippen LogP contribution in [-0.2, 0) is 14.8 Å². The molecule has 7 heteroatoms. The van der Waals surface area contributed by atoms with Crippen LogP contribution in [0, 0.1) is 17.2 Å². The third-order valence-electron chi connectivity index (χ3n) is 3.76. The number of benzene rings is 1. The third kappa shape index (κ3) is 4.45. The minimum Gasteiger partial charge on any atom is -0.378 e. The fourth-order valence-electron chi connectivity index (χ4n) is 2.46. The topological polar surface area (TPSA) is 70.4 Å². The molecule has 1 aromatic rings. The van der Waals surface area contributed by atoms with Crippen LogP contribution in [0.3, 0.4) is 0 Å². The van der Waals surface area contributed by atoms with Gasteiger partial charge in [-0.2, -0.15) is 9.57 Å². The van der Waals surface area contributed by atoms with Crippen molar-refractivity contribution >= 4 is 21.6 Å². The molecule has 2 rings (SSSR count). The molecule has 5 nitrogen and oxygen atoms in total. The van der Waals surface area contributed by atoms with Crippen molar-refractivity contribution < 1.29 is 13.2 Å². The highest BCUT2D eigenvalue weighted by molar-refractivity contribution is 7.89. The second-order valence-electron chi connectivity index (χ2n) is 6.08. The van der Waals surface area contributed by atoms with Gasteiger partial charge in [0.2, 0.25) is 10.0 Å². The van der Waals surface area contributed by atoms with Crippen LogP contribution in [0.25, 0.3) is 0 Å². The van der Waals surface area contributed by atoms with Crippen LogP contribution >= 0.6 is 11.6 Å². The summed E-state index contributed by atoms with van der Waals surface area (Å²) in [7, 11) is -3.58. The van der Waals surface area contributed by atoms with Gasteiger partial charge in [0.05, 0.1) is 21.6 Å². The lowest BCUT2D eigenvalue weighted by molar-refractivity contribution is 0.00749. The highest BCUT2D eigenvalue weighted by Gasteiger charge is 2.30. The first-order valence-electron chi connectivity index (χ1n) is 7.66. The lowest BCUT2D eigenvalue weighted by atomic mass is 10.1. The molecule has 0 bridgehead atoms. The van der Waals surface area contributed by atoms with Crippen LogP contribution < -0.4 is 0 Å². The Hall–Kier alpha value is -1.13. The molecule has 0 spiro atoms. The van der Waals surface area contributed by atoms with Crippen molar-refractivity contribution in [2.75, 3.05) is 19.7 Å². The number of hydrogen-bond donors (Lipinski definition) is 0. The highest BCUT2D eigenvalue weighted by atomic mass is 35.5. The second-order valence-corrected chi connectivity index (χ2v) is 8.43. The molecule has 1 saturated heterocycles. The predicted molar refractivity (Wildman–Crippen MR) is 88.7 cm³/mol. The minimum atomic E-state index is -3.58. The van der Waals surface area contributed by atoms with Gasteiger partial charge in [0, 0.05) is 19.7 Å². The first-order valence-corrected chi connectivity index (χ1v) is 9.47. The Balaban J connectivity index is 2.05. The largest absolute Gasteiger partial charge is 0.378 e. The van der Waals surface area contributed by atoms with Gasteiger partial charge in [0.25, 0.3) is 0 Å². The summed E-state index contributed by atoms with van der Waals surface area (Å²) in [4.78, 5) is 0.128. The number of rotatable bonds is 5. The van der Waals surface area contributed by atoms with Crippen molar-refractivity contribution in [1.82, 2.24) is 4.31 Å². The average Bonchev–Trinajstić information content (AvgIpc) is 2.53. The summed E-state index contributed by atoms with van der Waals surface area (Å²) in [6.45, 7) is 5.75. The number of nitriles is 1. The zero-order valence-corrected chi connectivity index (χ0v) is 14.9. The standard InChI is InChI=1S/C16H21ClN2O3S/c1-12(2)11-22-14-5-7-19(8-6-14)23(20,21)15-4-3-13(10-18)16(17)9-15/h3-4,9,12,14H,5-8,11H2,1-2H3. The van der Waals surface area contributed by atoms with E-state index in [9.17, 15) is 8.42 Å². The highest BCUT2D eigenvalue weighted by Crippen LogP contribution is 2.25. The summed E-state index contributed by atoms with van der Waals surface area (Å²) >= 11 is 5.94. The molecule has 1 fully saturated rings. The van der Waals surface area contributed by atoms with Crippen molar-refractivity contribution in [3.8, 4) is 6.07 Å². The average molecular weight is 357 g/mol. The van der Waals surface area contributed by atoms with Gasteiger partial charge in [0.15, 0.2) is 0 Å². The zero-order valence-electron chi connectivity index (χ0n) is 13.3. The maximum Gasteiger partial charge on any atom is 0.243 e. The molecule has 0 aromatic heterocycles. The van der Waals surface area contributed by atoms with Crippen LogP contribution in [0.2, 0.25) is 5.02 Å². The first kappa shape index (κ1) is 18.2. The van der Waals surface area contributed by atoms with E-state index in [-0.39, 0.29) is 21.6 Å². The van der Waals surface area contributed by atoms with Gasteiger partial charge in [0.1, 0.15) is 6.07 Å². The summed E-state index contributed by atoms with van der Waals surface area (Å²) in [6, 6.07) is 6.14. The third-order valence-corrected chi connectivity index (χ3v) is 5.97. The smallest absolute Gasteiger partial charge is 0.243 e. The van der Waals surface area contributed by atoms with Crippen LogP contribution in [0.4, 0.5) is 0 Å². The van der Waals surface area contributed by atoms with Gasteiger partial charge in [-0.25, -0.2) is 8.42 Å². The molecule has 126 valence electrons. The molecule has 0 atom stereocenters. The maximum absolute atomic E-state index is 12.7. The van der Waals surface area contributed by atoms with Gasteiger partial charge < -0.3 is 4.74 Å². The summed E-state index contributed by atoms with van der Waals surface area (Å²) < 4.78 is 32.6. The number of nitrogens with zero attached hydrogens (tertiary/aromatic N) is 2. The summed E-state index contributed by atoms with van der Waals surface area (Å²) in [6.07, 6.45) is 1.50. The van der Waals surface area contributed by atoms with Gasteiger partial charge in [-0.1, -0.05) is 25.4 Å². The molecule has 0 radical (unpaired) electrons. The maximum atomic E-state index is 12.7. The van der Waals surface area contributed by atoms with E-state index in [1.165, 1.54) is 22.5 Å². The van der Waals surface area contributed by atoms with E-state index < -0.39 is 10.0 Å². The first-order chi connectivity index (χ1) is 10.8. The molecule has 0 saturated carbocycles. The zero-order chi connectivity index (χ0) is 17.0. The lowest BCUT2D eigenvalue weighted by Gasteiger charge is -2.31. The molecule has 0 amide bonds. The molecule has 1 aromatic carbocycles. The van der Waals surface area contributed by atoms with Crippen molar-refractivity contribution in [2.45, 2.75) is 37.7 Å². The lowest BCUT2D eigenvalue weighted by Crippen LogP contribution is -2.41. The molecule has 23 heavy (non-hydrogen) atoms. The Morgan fingerprint density at radius 2 is 2.04 bits per heavy atom. The Morgan fingerprint density at radius 1 is 1.39 bits per heavy atom. The molecule has 1 heterocycles. The molecule has 0 aliphatic carbocycles. The van der Waals surface area contributed by atoms with E-state index in [0.717, 1.165) is 0 Å². The Morgan fingerprint density at radius 3 is 2.57 bits per heavy atom. The van der Waals surface area contributed by atoms with Crippen LogP contribution in [0.5, 0.6) is 0 Å². The number of sulfonamides is 1. The Labute approximate surface area is 142 Å². The van der Waals surface area contributed by atoms with E-state index in [0.29, 0.717) is 38.5 Å². The molecule has 1 aliphatic heterocycles. The quantitative estimate of drug-likeness (QED) is 0.813. The van der Waals surface area contributed by atoms with E-state index >= 15 is 0 Å². The van der Waals surface area contributed by atoms with Crippen LogP contribution in [0.1, 0.15) is 32.3 Å². The van der Waals surface area contributed by atoms with Crippen molar-refractivity contribution in [3.63, 3.8) is 0 Å². The van der Waals surface area contributed by atoms with E-state index in [1.54, 1.807) is 0 Å². The molecule has 1 aliphatic rings. The van der Waals surface area contributed by atoms with Crippen LogP contribution in [-0.4, -0.2) is 38.5 Å². The van der Waals surface area contributed by atoms with E-state index in [1.807, 2.05) is 6.07 Å². The predicted octanol–water partition coefficient (Wildman–Crippen LogP) is 3.04. The molecule has 0 unspecified atom stereocenters. The number of hydrogen-bond acceptors (Lipinski definition) is 4. The summed E-state index contributed by atoms with van der Waals surface area (Å²) in [5, 5.41) is 9.03. The monoisotopic (exact) mass is 356 g/mol. The van der Waals surface area contributed by atoms with Gasteiger partial charge in [-0.05, 0) is 37.0 Å². The van der Waals surface area contributed by atoms with Gasteiger partial charge in [-0.3, -0.25) is 0 Å². The van der Waals surface area contributed by atoms with E-state index in [4.69, 9.17) is 21.6 Å². The summed E-state index contributed by atoms with van der Waals surface area (Å²) in [5.74, 6) is 0.470. The Bertz CT molecular complexity index is 690. The molecular weight excluding hydrogens is 336 g/mol. The van der Waals surface area contributed by atoms with Gasteiger partial charge in [-0.15, -0.1) is 0 Å². The normalized spacial score (nSPS) is 17.3. The molecular formula is C16H21ClN2O3S. The number of halogens is 1. The Kier molecular flexibility index (Phi) is 6.04. The SMILES string of the molecule is CC(C)COC1CCN(S(=O)(=O)c2ccc(C#N)c(Cl)c2)CC1. The fraction of sp³-hybridized carbons (Fsp3) is 0.562. The number of piperidine rings is 1. The minimum absolute atomic E-state index is 0.119. The van der Waals surface area contributed by atoms with E-state index in [2.05, 4.69) is 13.8 Å². The molecule has 0 N–H and O–H groups in total. The second kappa shape index (κ2) is 7.63. The van der Waals surface area contributed by atoms with Crippen molar-refractivity contribution in [3.05, 3.63) is 28.8 Å².